The number of rotatable bonds is 4. The summed E-state index contributed by atoms with van der Waals surface area (Å²) < 4.78 is 0. The number of aliphatic hydroxyl groups excluding tert-OH is 1. The third kappa shape index (κ3) is 3.71. The van der Waals surface area contributed by atoms with E-state index in [1.54, 1.807) is 0 Å². The third-order valence-corrected chi connectivity index (χ3v) is 3.99. The minimum Gasteiger partial charge on any atom is -0.386 e. The largest absolute Gasteiger partial charge is 0.386 e. The zero-order valence-corrected chi connectivity index (χ0v) is 10.5. The van der Waals surface area contributed by atoms with Crippen molar-refractivity contribution in [3.05, 3.63) is 22.4 Å². The molecule has 1 aromatic heterocycles. The van der Waals surface area contributed by atoms with Gasteiger partial charge in [-0.15, -0.1) is 11.3 Å². The Morgan fingerprint density at radius 1 is 1.53 bits per heavy atom. The number of aliphatic hydroxyl groups is 1. The van der Waals surface area contributed by atoms with E-state index in [4.69, 9.17) is 0 Å². The Hall–Kier alpha value is -1.07. The van der Waals surface area contributed by atoms with E-state index in [1.807, 2.05) is 17.5 Å². The smallest absolute Gasteiger partial charge is 0.315 e. The van der Waals surface area contributed by atoms with Gasteiger partial charge in [-0.1, -0.05) is 18.9 Å². The van der Waals surface area contributed by atoms with Gasteiger partial charge >= 0.3 is 6.03 Å². The van der Waals surface area contributed by atoms with Crippen molar-refractivity contribution in [3.8, 4) is 0 Å². The van der Waals surface area contributed by atoms with Crippen molar-refractivity contribution in [3.63, 3.8) is 0 Å². The molecule has 1 aliphatic rings. The highest BCUT2D eigenvalue weighted by atomic mass is 32.1. The second-order valence-corrected chi connectivity index (χ2v) is 5.35. The van der Waals surface area contributed by atoms with E-state index in [0.29, 0.717) is 6.04 Å². The third-order valence-electron chi connectivity index (χ3n) is 3.02. The van der Waals surface area contributed by atoms with Crippen LogP contribution in [0, 0.1) is 0 Å². The molecule has 1 saturated carbocycles. The molecule has 1 heterocycles. The monoisotopic (exact) mass is 254 g/mol. The van der Waals surface area contributed by atoms with Crippen LogP contribution in [0.3, 0.4) is 0 Å². The van der Waals surface area contributed by atoms with Gasteiger partial charge in [-0.25, -0.2) is 4.79 Å². The molecule has 0 aliphatic heterocycles. The second kappa shape index (κ2) is 6.02. The lowest BCUT2D eigenvalue weighted by atomic mass is 10.2. The number of hydrogen-bond donors (Lipinski definition) is 3. The maximum absolute atomic E-state index is 11.5. The van der Waals surface area contributed by atoms with Gasteiger partial charge in [0.05, 0.1) is 6.54 Å². The Balaban J connectivity index is 1.68. The highest BCUT2D eigenvalue weighted by Crippen LogP contribution is 2.18. The zero-order valence-electron chi connectivity index (χ0n) is 9.69. The molecule has 1 aliphatic carbocycles. The quantitative estimate of drug-likeness (QED) is 0.770. The summed E-state index contributed by atoms with van der Waals surface area (Å²) in [7, 11) is 0. The molecule has 2 rings (SSSR count). The first-order valence-corrected chi connectivity index (χ1v) is 6.89. The normalized spacial score (nSPS) is 17.9. The zero-order chi connectivity index (χ0) is 12.1. The SMILES string of the molecule is O=C(NCC(O)c1cccs1)NC1CCCC1. The molecule has 1 fully saturated rings. The van der Waals surface area contributed by atoms with Crippen LogP contribution in [0.1, 0.15) is 36.7 Å². The van der Waals surface area contributed by atoms with Gasteiger partial charge in [-0.3, -0.25) is 0 Å². The van der Waals surface area contributed by atoms with Crippen LogP contribution in [0.2, 0.25) is 0 Å². The van der Waals surface area contributed by atoms with E-state index in [1.165, 1.54) is 24.2 Å². The second-order valence-electron chi connectivity index (χ2n) is 4.37. The average Bonchev–Trinajstić information content (AvgIpc) is 2.97. The van der Waals surface area contributed by atoms with Gasteiger partial charge in [0.2, 0.25) is 0 Å². The summed E-state index contributed by atoms with van der Waals surface area (Å²) in [5.74, 6) is 0. The van der Waals surface area contributed by atoms with Crippen LogP contribution in [0.25, 0.3) is 0 Å². The predicted molar refractivity (Wildman–Crippen MR) is 68.1 cm³/mol. The van der Waals surface area contributed by atoms with Crippen molar-refractivity contribution in [1.29, 1.82) is 0 Å². The predicted octanol–water partition coefficient (Wildman–Crippen LogP) is 2.02. The van der Waals surface area contributed by atoms with Gasteiger partial charge in [0, 0.05) is 10.9 Å². The molecule has 3 N–H and O–H groups in total. The van der Waals surface area contributed by atoms with Crippen LogP contribution in [0.15, 0.2) is 17.5 Å². The molecule has 1 aromatic rings. The Morgan fingerprint density at radius 3 is 2.94 bits per heavy atom. The van der Waals surface area contributed by atoms with Crippen LogP contribution >= 0.6 is 11.3 Å². The summed E-state index contributed by atoms with van der Waals surface area (Å²) in [5.41, 5.74) is 0. The molecule has 1 unspecified atom stereocenters. The van der Waals surface area contributed by atoms with Crippen LogP contribution in [-0.4, -0.2) is 23.7 Å². The molecule has 0 saturated heterocycles. The van der Waals surface area contributed by atoms with E-state index in [9.17, 15) is 9.90 Å². The van der Waals surface area contributed by atoms with Crippen molar-refractivity contribution >= 4 is 17.4 Å². The molecule has 17 heavy (non-hydrogen) atoms. The average molecular weight is 254 g/mol. The Kier molecular flexibility index (Phi) is 4.39. The van der Waals surface area contributed by atoms with Crippen molar-refractivity contribution < 1.29 is 9.90 Å². The maximum Gasteiger partial charge on any atom is 0.315 e. The number of hydrogen-bond acceptors (Lipinski definition) is 3. The fourth-order valence-electron chi connectivity index (χ4n) is 2.08. The highest BCUT2D eigenvalue weighted by Gasteiger charge is 2.17. The molecule has 0 aromatic carbocycles. The molecule has 0 bridgehead atoms. The minimum absolute atomic E-state index is 0.174. The van der Waals surface area contributed by atoms with E-state index >= 15 is 0 Å². The van der Waals surface area contributed by atoms with Crippen LogP contribution in [-0.2, 0) is 0 Å². The number of urea groups is 1. The van der Waals surface area contributed by atoms with Crippen molar-refractivity contribution in [1.82, 2.24) is 10.6 Å². The number of carbonyl (C=O) groups is 1. The Morgan fingerprint density at radius 2 is 2.29 bits per heavy atom. The number of amides is 2. The fraction of sp³-hybridized carbons (Fsp3) is 0.583. The van der Waals surface area contributed by atoms with Gasteiger partial charge in [-0.05, 0) is 24.3 Å². The molecule has 94 valence electrons. The first kappa shape index (κ1) is 12.4. The van der Waals surface area contributed by atoms with E-state index < -0.39 is 6.10 Å². The van der Waals surface area contributed by atoms with E-state index in [0.717, 1.165) is 17.7 Å². The summed E-state index contributed by atoms with van der Waals surface area (Å²) in [4.78, 5) is 12.4. The standard InChI is InChI=1S/C12H18N2O2S/c15-10(11-6-3-7-17-11)8-13-12(16)14-9-4-1-2-5-9/h3,6-7,9-10,15H,1-2,4-5,8H2,(H2,13,14,16). The molecule has 0 radical (unpaired) electrons. The molecular formula is C12H18N2O2S. The van der Waals surface area contributed by atoms with Gasteiger partial charge in [-0.2, -0.15) is 0 Å². The van der Waals surface area contributed by atoms with E-state index in [2.05, 4.69) is 10.6 Å². The molecule has 1 atom stereocenters. The number of nitrogens with one attached hydrogen (secondary N) is 2. The van der Waals surface area contributed by atoms with Gasteiger partial charge in [0.25, 0.3) is 0 Å². The molecule has 4 nitrogen and oxygen atoms in total. The summed E-state index contributed by atoms with van der Waals surface area (Å²) in [6, 6.07) is 3.90. The first-order valence-electron chi connectivity index (χ1n) is 6.01. The Labute approximate surface area is 105 Å². The minimum atomic E-state index is -0.607. The van der Waals surface area contributed by atoms with Gasteiger partial charge < -0.3 is 15.7 Å². The van der Waals surface area contributed by atoms with Crippen molar-refractivity contribution in [2.24, 2.45) is 0 Å². The van der Waals surface area contributed by atoms with Crippen LogP contribution < -0.4 is 10.6 Å². The highest BCUT2D eigenvalue weighted by molar-refractivity contribution is 7.10. The summed E-state index contributed by atoms with van der Waals surface area (Å²) in [6.07, 6.45) is 3.93. The molecule has 2 amide bonds. The number of thiophene rings is 1. The fourth-order valence-corrected chi connectivity index (χ4v) is 2.79. The van der Waals surface area contributed by atoms with Gasteiger partial charge in [0.15, 0.2) is 0 Å². The van der Waals surface area contributed by atoms with Crippen molar-refractivity contribution in [2.45, 2.75) is 37.8 Å². The van der Waals surface area contributed by atoms with Crippen molar-refractivity contribution in [2.75, 3.05) is 6.54 Å². The summed E-state index contributed by atoms with van der Waals surface area (Å²) in [6.45, 7) is 0.263. The topological polar surface area (TPSA) is 61.4 Å². The van der Waals surface area contributed by atoms with Crippen LogP contribution in [0.4, 0.5) is 4.79 Å². The molecule has 0 spiro atoms. The lowest BCUT2D eigenvalue weighted by Gasteiger charge is -2.14. The maximum atomic E-state index is 11.5. The first-order chi connectivity index (χ1) is 8.25. The summed E-state index contributed by atoms with van der Waals surface area (Å²) in [5, 5.41) is 17.3. The molecular weight excluding hydrogens is 236 g/mol. The summed E-state index contributed by atoms with van der Waals surface area (Å²) >= 11 is 1.49. The Bertz CT molecular complexity index is 347. The van der Waals surface area contributed by atoms with Crippen LogP contribution in [0.5, 0.6) is 0 Å². The molecule has 5 heteroatoms. The lowest BCUT2D eigenvalue weighted by molar-refractivity contribution is 0.175. The van der Waals surface area contributed by atoms with E-state index in [-0.39, 0.29) is 12.6 Å². The van der Waals surface area contributed by atoms with Gasteiger partial charge in [0.1, 0.15) is 6.10 Å². The number of carbonyl (C=O) groups excluding carboxylic acids is 1. The lowest BCUT2D eigenvalue weighted by Crippen LogP contribution is -2.42.